The zero-order chi connectivity index (χ0) is 14.4. The van der Waals surface area contributed by atoms with Crippen molar-refractivity contribution in [1.82, 2.24) is 15.1 Å². The zero-order valence-corrected chi connectivity index (χ0v) is 13.7. The van der Waals surface area contributed by atoms with E-state index in [1.165, 1.54) is 11.3 Å². The van der Waals surface area contributed by atoms with E-state index in [-0.39, 0.29) is 12.4 Å². The summed E-state index contributed by atoms with van der Waals surface area (Å²) < 4.78 is 7.28. The van der Waals surface area contributed by atoms with Crippen LogP contribution < -0.4 is 10.1 Å². The van der Waals surface area contributed by atoms with Crippen molar-refractivity contribution in [3.8, 4) is 5.75 Å². The molecule has 0 radical (unpaired) electrons. The fourth-order valence-electron chi connectivity index (χ4n) is 2.22. The van der Waals surface area contributed by atoms with E-state index in [2.05, 4.69) is 47.1 Å². The van der Waals surface area contributed by atoms with E-state index < -0.39 is 0 Å². The van der Waals surface area contributed by atoms with Crippen LogP contribution in [0.15, 0.2) is 36.5 Å². The minimum absolute atomic E-state index is 0. The average molecular weight is 310 g/mol. The van der Waals surface area contributed by atoms with Crippen LogP contribution >= 0.6 is 12.4 Å². The van der Waals surface area contributed by atoms with Gasteiger partial charge in [0.05, 0.1) is 12.8 Å². The molecule has 0 spiro atoms. The van der Waals surface area contributed by atoms with Gasteiger partial charge >= 0.3 is 0 Å². The molecule has 0 saturated heterocycles. The van der Waals surface area contributed by atoms with Crippen LogP contribution in [0.2, 0.25) is 0 Å². The van der Waals surface area contributed by atoms with E-state index in [0.717, 1.165) is 25.3 Å². The number of hydrogen-bond acceptors (Lipinski definition) is 3. The topological polar surface area (TPSA) is 39.1 Å². The molecule has 116 valence electrons. The molecule has 2 rings (SSSR count). The van der Waals surface area contributed by atoms with E-state index in [9.17, 15) is 0 Å². The summed E-state index contributed by atoms with van der Waals surface area (Å²) in [5, 5.41) is 7.80. The second-order valence-electron chi connectivity index (χ2n) is 5.14. The highest BCUT2D eigenvalue weighted by Crippen LogP contribution is 2.12. The van der Waals surface area contributed by atoms with Gasteiger partial charge in [-0.05, 0) is 50.6 Å². The van der Waals surface area contributed by atoms with Crippen molar-refractivity contribution in [2.45, 2.75) is 32.9 Å². The third-order valence-corrected chi connectivity index (χ3v) is 3.27. The largest absolute Gasteiger partial charge is 0.497 e. The molecule has 0 saturated carbocycles. The van der Waals surface area contributed by atoms with Gasteiger partial charge in [-0.25, -0.2) is 0 Å². The van der Waals surface area contributed by atoms with Gasteiger partial charge in [-0.3, -0.25) is 4.68 Å². The number of hydrogen-bond donors (Lipinski definition) is 1. The van der Waals surface area contributed by atoms with Crippen molar-refractivity contribution in [2.75, 3.05) is 13.7 Å². The smallest absolute Gasteiger partial charge is 0.119 e. The molecule has 0 fully saturated rings. The van der Waals surface area contributed by atoms with Crippen LogP contribution in [0.25, 0.3) is 0 Å². The van der Waals surface area contributed by atoms with Crippen molar-refractivity contribution in [2.24, 2.45) is 0 Å². The lowest BCUT2D eigenvalue weighted by Gasteiger charge is -2.11. The van der Waals surface area contributed by atoms with E-state index >= 15 is 0 Å². The maximum Gasteiger partial charge on any atom is 0.119 e. The van der Waals surface area contributed by atoms with Crippen molar-refractivity contribution < 1.29 is 4.74 Å². The monoisotopic (exact) mass is 309 g/mol. The molecule has 2 aromatic rings. The summed E-state index contributed by atoms with van der Waals surface area (Å²) in [7, 11) is 1.70. The van der Waals surface area contributed by atoms with Crippen LogP contribution in [0.5, 0.6) is 5.75 Å². The maximum atomic E-state index is 5.23. The lowest BCUT2D eigenvalue weighted by Crippen LogP contribution is -2.20. The fourth-order valence-corrected chi connectivity index (χ4v) is 2.22. The Kier molecular flexibility index (Phi) is 7.26. The summed E-state index contributed by atoms with van der Waals surface area (Å²) in [4.78, 5) is 0. The molecule has 0 aliphatic rings. The molecule has 1 N–H and O–H groups in total. The first-order valence-corrected chi connectivity index (χ1v) is 7.06. The van der Waals surface area contributed by atoms with Crippen molar-refractivity contribution in [3.05, 3.63) is 47.8 Å². The van der Waals surface area contributed by atoms with Gasteiger partial charge in [0, 0.05) is 18.8 Å². The van der Waals surface area contributed by atoms with Crippen molar-refractivity contribution in [1.29, 1.82) is 0 Å². The van der Waals surface area contributed by atoms with Gasteiger partial charge in [0.2, 0.25) is 0 Å². The van der Waals surface area contributed by atoms with Gasteiger partial charge in [-0.1, -0.05) is 12.1 Å². The minimum atomic E-state index is 0. The van der Waals surface area contributed by atoms with Crippen LogP contribution in [-0.2, 0) is 13.0 Å². The normalized spacial score (nSPS) is 10.5. The third kappa shape index (κ3) is 5.06. The molecular formula is C16H24ClN3O. The van der Waals surface area contributed by atoms with Crippen LogP contribution in [0.4, 0.5) is 0 Å². The molecule has 1 heterocycles. The first kappa shape index (κ1) is 17.5. The lowest BCUT2D eigenvalue weighted by molar-refractivity contribution is 0.414. The Morgan fingerprint density at radius 2 is 2.10 bits per heavy atom. The molecule has 0 aliphatic carbocycles. The second-order valence-corrected chi connectivity index (χ2v) is 5.14. The number of rotatable bonds is 7. The van der Waals surface area contributed by atoms with Crippen LogP contribution in [0.1, 0.15) is 31.1 Å². The third-order valence-electron chi connectivity index (χ3n) is 3.27. The molecule has 0 bridgehead atoms. The average Bonchev–Trinajstić information content (AvgIpc) is 2.92. The number of nitrogens with one attached hydrogen (secondary N) is 1. The highest BCUT2D eigenvalue weighted by molar-refractivity contribution is 5.85. The van der Waals surface area contributed by atoms with Gasteiger partial charge < -0.3 is 10.1 Å². The SMILES string of the molecule is COc1cccc(CCNCc2ccnn2C(C)C)c1.Cl. The van der Waals surface area contributed by atoms with Crippen LogP contribution in [-0.4, -0.2) is 23.4 Å². The van der Waals surface area contributed by atoms with Gasteiger partial charge in [-0.15, -0.1) is 12.4 Å². The molecule has 0 unspecified atom stereocenters. The number of nitrogens with zero attached hydrogens (tertiary/aromatic N) is 2. The number of aromatic nitrogens is 2. The predicted molar refractivity (Wildman–Crippen MR) is 88.3 cm³/mol. The highest BCUT2D eigenvalue weighted by Gasteiger charge is 2.04. The quantitative estimate of drug-likeness (QED) is 0.798. The van der Waals surface area contributed by atoms with Gasteiger partial charge in [-0.2, -0.15) is 5.10 Å². The number of methoxy groups -OCH3 is 1. The molecule has 0 aliphatic heterocycles. The van der Waals surface area contributed by atoms with Crippen LogP contribution in [0.3, 0.4) is 0 Å². The van der Waals surface area contributed by atoms with Gasteiger partial charge in [0.25, 0.3) is 0 Å². The number of benzene rings is 1. The number of ether oxygens (including phenoxy) is 1. The molecule has 4 nitrogen and oxygen atoms in total. The van der Waals surface area contributed by atoms with Crippen molar-refractivity contribution >= 4 is 12.4 Å². The Balaban J connectivity index is 0.00000220. The minimum Gasteiger partial charge on any atom is -0.497 e. The molecule has 21 heavy (non-hydrogen) atoms. The lowest BCUT2D eigenvalue weighted by atomic mass is 10.1. The predicted octanol–water partition coefficient (Wildman–Crippen LogP) is 3.23. The van der Waals surface area contributed by atoms with E-state index in [1.54, 1.807) is 7.11 Å². The fraction of sp³-hybridized carbons (Fsp3) is 0.438. The van der Waals surface area contributed by atoms with Gasteiger partial charge in [0.15, 0.2) is 0 Å². The summed E-state index contributed by atoms with van der Waals surface area (Å²) in [6.07, 6.45) is 2.85. The Morgan fingerprint density at radius 1 is 1.29 bits per heavy atom. The first-order valence-electron chi connectivity index (χ1n) is 7.06. The Hall–Kier alpha value is -1.52. The molecule has 5 heteroatoms. The highest BCUT2D eigenvalue weighted by atomic mass is 35.5. The van der Waals surface area contributed by atoms with Gasteiger partial charge in [0.1, 0.15) is 5.75 Å². The first-order chi connectivity index (χ1) is 9.70. The van der Waals surface area contributed by atoms with Crippen molar-refractivity contribution in [3.63, 3.8) is 0 Å². The summed E-state index contributed by atoms with van der Waals surface area (Å²) >= 11 is 0. The second kappa shape index (κ2) is 8.70. The Labute approximate surface area is 132 Å². The van der Waals surface area contributed by atoms with E-state index in [0.29, 0.717) is 6.04 Å². The Bertz CT molecular complexity index is 540. The standard InChI is InChI=1S/C16H23N3O.ClH/c1-13(2)19-15(8-10-18-19)12-17-9-7-14-5-4-6-16(11-14)20-3;/h4-6,8,10-11,13,17H,7,9,12H2,1-3H3;1H. The van der Waals surface area contributed by atoms with Crippen LogP contribution in [0, 0.1) is 0 Å². The summed E-state index contributed by atoms with van der Waals surface area (Å²) in [6, 6.07) is 10.7. The molecule has 1 aromatic heterocycles. The molecular weight excluding hydrogens is 286 g/mol. The summed E-state index contributed by atoms with van der Waals surface area (Å²) in [5.41, 5.74) is 2.51. The number of halogens is 1. The van der Waals surface area contributed by atoms with E-state index in [1.807, 2.05) is 18.3 Å². The molecule has 0 atom stereocenters. The summed E-state index contributed by atoms with van der Waals surface area (Å²) in [6.45, 7) is 6.08. The zero-order valence-electron chi connectivity index (χ0n) is 12.9. The molecule has 0 amide bonds. The maximum absolute atomic E-state index is 5.23. The molecule has 1 aromatic carbocycles. The van der Waals surface area contributed by atoms with E-state index in [4.69, 9.17) is 4.74 Å². The Morgan fingerprint density at radius 3 is 2.81 bits per heavy atom. The summed E-state index contributed by atoms with van der Waals surface area (Å²) in [5.74, 6) is 0.917.